The molecular weight excluding hydrogens is 255 g/mol. The maximum Gasteiger partial charge on any atom is 0.338 e. The van der Waals surface area contributed by atoms with Crippen LogP contribution in [0, 0.1) is 21.8 Å². The summed E-state index contributed by atoms with van der Waals surface area (Å²) in [5.74, 6) is -1.85. The minimum atomic E-state index is -1.52. The SMILES string of the molecule is O=C(O)c1cc([N+](=O)[O-])c(NCCC2CC2)cc1F. The van der Waals surface area contributed by atoms with Crippen molar-refractivity contribution in [3.63, 3.8) is 0 Å². The second-order valence-corrected chi connectivity index (χ2v) is 4.57. The van der Waals surface area contributed by atoms with Gasteiger partial charge in [-0.25, -0.2) is 9.18 Å². The first-order valence-corrected chi connectivity index (χ1v) is 5.94. The summed E-state index contributed by atoms with van der Waals surface area (Å²) >= 11 is 0. The molecule has 0 bridgehead atoms. The van der Waals surface area contributed by atoms with E-state index < -0.39 is 28.0 Å². The zero-order valence-corrected chi connectivity index (χ0v) is 10.1. The number of hydrogen-bond donors (Lipinski definition) is 2. The Balaban J connectivity index is 2.21. The van der Waals surface area contributed by atoms with Gasteiger partial charge in [-0.15, -0.1) is 0 Å². The van der Waals surface area contributed by atoms with Crippen LogP contribution < -0.4 is 5.32 Å². The number of carboxylic acid groups (broad SMARTS) is 1. The molecule has 102 valence electrons. The summed E-state index contributed by atoms with van der Waals surface area (Å²) in [6, 6.07) is 1.62. The van der Waals surface area contributed by atoms with Crippen LogP contribution in [0.25, 0.3) is 0 Å². The van der Waals surface area contributed by atoms with Gasteiger partial charge in [0.2, 0.25) is 0 Å². The van der Waals surface area contributed by atoms with Crippen molar-refractivity contribution in [2.75, 3.05) is 11.9 Å². The average Bonchev–Trinajstić information content (AvgIpc) is 3.12. The highest BCUT2D eigenvalue weighted by molar-refractivity contribution is 5.90. The van der Waals surface area contributed by atoms with Gasteiger partial charge in [0.15, 0.2) is 0 Å². The smallest absolute Gasteiger partial charge is 0.338 e. The lowest BCUT2D eigenvalue weighted by atomic mass is 10.1. The molecule has 0 heterocycles. The van der Waals surface area contributed by atoms with Crippen molar-refractivity contribution in [3.05, 3.63) is 33.6 Å². The molecule has 1 aromatic carbocycles. The van der Waals surface area contributed by atoms with E-state index in [-0.39, 0.29) is 5.69 Å². The standard InChI is InChI=1S/C12H13FN2O4/c13-9-6-10(14-4-3-7-1-2-7)11(15(18)19)5-8(9)12(16)17/h5-7,14H,1-4H2,(H,16,17). The molecule has 6 nitrogen and oxygen atoms in total. The van der Waals surface area contributed by atoms with Crippen LogP contribution in [0.3, 0.4) is 0 Å². The van der Waals surface area contributed by atoms with Crippen LogP contribution in [0.15, 0.2) is 12.1 Å². The molecule has 1 aliphatic carbocycles. The molecule has 2 N–H and O–H groups in total. The van der Waals surface area contributed by atoms with Gasteiger partial charge in [0.05, 0.1) is 4.92 Å². The van der Waals surface area contributed by atoms with Crippen LogP contribution in [0.2, 0.25) is 0 Å². The number of nitro groups is 1. The monoisotopic (exact) mass is 268 g/mol. The van der Waals surface area contributed by atoms with E-state index >= 15 is 0 Å². The highest BCUT2D eigenvalue weighted by Gasteiger charge is 2.23. The number of nitrogens with one attached hydrogen (secondary N) is 1. The largest absolute Gasteiger partial charge is 0.478 e. The fourth-order valence-corrected chi connectivity index (χ4v) is 1.84. The van der Waals surface area contributed by atoms with E-state index in [2.05, 4.69) is 5.32 Å². The average molecular weight is 268 g/mol. The van der Waals surface area contributed by atoms with Crippen molar-refractivity contribution < 1.29 is 19.2 Å². The molecule has 0 aromatic heterocycles. The van der Waals surface area contributed by atoms with Crippen molar-refractivity contribution >= 4 is 17.3 Å². The fourth-order valence-electron chi connectivity index (χ4n) is 1.84. The van der Waals surface area contributed by atoms with Crippen LogP contribution in [-0.2, 0) is 0 Å². The van der Waals surface area contributed by atoms with Crippen LogP contribution in [0.4, 0.5) is 15.8 Å². The molecule has 0 atom stereocenters. The third-order valence-corrected chi connectivity index (χ3v) is 3.08. The van der Waals surface area contributed by atoms with E-state index in [9.17, 15) is 19.3 Å². The van der Waals surface area contributed by atoms with E-state index in [4.69, 9.17) is 5.11 Å². The Morgan fingerprint density at radius 2 is 2.21 bits per heavy atom. The van der Waals surface area contributed by atoms with Gasteiger partial charge in [-0.2, -0.15) is 0 Å². The first-order chi connectivity index (χ1) is 8.99. The van der Waals surface area contributed by atoms with Crippen LogP contribution in [0.1, 0.15) is 29.6 Å². The third kappa shape index (κ3) is 3.18. The Labute approximate surface area is 108 Å². The quantitative estimate of drug-likeness (QED) is 0.611. The van der Waals surface area contributed by atoms with Gasteiger partial charge >= 0.3 is 5.97 Å². The van der Waals surface area contributed by atoms with Crippen LogP contribution >= 0.6 is 0 Å². The zero-order chi connectivity index (χ0) is 14.0. The number of nitrogens with zero attached hydrogens (tertiary/aromatic N) is 1. The van der Waals surface area contributed by atoms with Crippen LogP contribution in [-0.4, -0.2) is 22.5 Å². The molecule has 0 aliphatic heterocycles. The molecule has 0 radical (unpaired) electrons. The van der Waals surface area contributed by atoms with Gasteiger partial charge in [-0.1, -0.05) is 12.8 Å². The topological polar surface area (TPSA) is 92.5 Å². The molecule has 2 rings (SSSR count). The van der Waals surface area contributed by atoms with Crippen molar-refractivity contribution in [2.45, 2.75) is 19.3 Å². The maximum absolute atomic E-state index is 13.5. The molecule has 19 heavy (non-hydrogen) atoms. The van der Waals surface area contributed by atoms with E-state index in [1.807, 2.05) is 0 Å². The van der Waals surface area contributed by atoms with Crippen molar-refractivity contribution in [2.24, 2.45) is 5.92 Å². The highest BCUT2D eigenvalue weighted by Crippen LogP contribution is 2.33. The number of hydrogen-bond acceptors (Lipinski definition) is 4. The number of rotatable bonds is 6. The lowest BCUT2D eigenvalue weighted by Crippen LogP contribution is -2.08. The predicted molar refractivity (Wildman–Crippen MR) is 65.8 cm³/mol. The summed E-state index contributed by atoms with van der Waals surface area (Å²) in [5.41, 5.74) is -1.10. The molecule has 0 unspecified atom stereocenters. The first-order valence-electron chi connectivity index (χ1n) is 5.94. The minimum Gasteiger partial charge on any atom is -0.478 e. The second kappa shape index (κ2) is 5.21. The number of halogens is 1. The Hall–Kier alpha value is -2.18. The molecule has 0 spiro atoms. The lowest BCUT2D eigenvalue weighted by Gasteiger charge is -2.08. The number of anilines is 1. The number of carboxylic acids is 1. The zero-order valence-electron chi connectivity index (χ0n) is 10.1. The van der Waals surface area contributed by atoms with Gasteiger partial charge in [0, 0.05) is 18.7 Å². The Morgan fingerprint density at radius 1 is 1.53 bits per heavy atom. The summed E-state index contributed by atoms with van der Waals surface area (Å²) in [6.07, 6.45) is 3.20. The van der Waals surface area contributed by atoms with E-state index in [0.717, 1.165) is 31.4 Å². The van der Waals surface area contributed by atoms with Crippen molar-refractivity contribution in [3.8, 4) is 0 Å². The van der Waals surface area contributed by atoms with Gasteiger partial charge < -0.3 is 10.4 Å². The first kappa shape index (κ1) is 13.3. The molecule has 1 fully saturated rings. The van der Waals surface area contributed by atoms with Crippen molar-refractivity contribution in [1.29, 1.82) is 0 Å². The number of benzene rings is 1. The van der Waals surface area contributed by atoms with Crippen molar-refractivity contribution in [1.82, 2.24) is 0 Å². The summed E-state index contributed by atoms with van der Waals surface area (Å²) in [4.78, 5) is 20.9. The second-order valence-electron chi connectivity index (χ2n) is 4.57. The molecule has 7 heteroatoms. The molecule has 1 aromatic rings. The van der Waals surface area contributed by atoms with Gasteiger partial charge in [0.1, 0.15) is 17.1 Å². The normalized spacial score (nSPS) is 14.2. The summed E-state index contributed by atoms with van der Waals surface area (Å²) in [5, 5.41) is 22.4. The molecular formula is C12H13FN2O4. The summed E-state index contributed by atoms with van der Waals surface area (Å²) in [6.45, 7) is 0.511. The van der Waals surface area contributed by atoms with Gasteiger partial charge in [-0.05, 0) is 12.3 Å². The van der Waals surface area contributed by atoms with Gasteiger partial charge in [0.25, 0.3) is 5.69 Å². The summed E-state index contributed by atoms with van der Waals surface area (Å²) < 4.78 is 13.5. The maximum atomic E-state index is 13.5. The van der Waals surface area contributed by atoms with E-state index in [1.54, 1.807) is 0 Å². The Kier molecular flexibility index (Phi) is 3.64. The van der Waals surface area contributed by atoms with E-state index in [0.29, 0.717) is 12.5 Å². The Bertz CT molecular complexity index is 529. The number of carbonyl (C=O) groups is 1. The van der Waals surface area contributed by atoms with Crippen LogP contribution in [0.5, 0.6) is 0 Å². The number of aromatic carboxylic acids is 1. The minimum absolute atomic E-state index is 0.0214. The molecule has 1 saturated carbocycles. The van der Waals surface area contributed by atoms with E-state index in [1.165, 1.54) is 0 Å². The predicted octanol–water partition coefficient (Wildman–Crippen LogP) is 2.64. The summed E-state index contributed by atoms with van der Waals surface area (Å²) in [7, 11) is 0. The molecule has 1 aliphatic rings. The Morgan fingerprint density at radius 3 is 2.74 bits per heavy atom. The lowest BCUT2D eigenvalue weighted by molar-refractivity contribution is -0.384. The number of nitro benzene ring substituents is 1. The highest BCUT2D eigenvalue weighted by atomic mass is 19.1. The fraction of sp³-hybridized carbons (Fsp3) is 0.417. The molecule has 0 saturated heterocycles. The third-order valence-electron chi connectivity index (χ3n) is 3.08. The molecule has 0 amide bonds. The van der Waals surface area contributed by atoms with Gasteiger partial charge in [-0.3, -0.25) is 10.1 Å².